The fraction of sp³-hybridized carbons (Fsp3) is 0.171. The molecule has 0 saturated carbocycles. The second kappa shape index (κ2) is 13.6. The maximum absolute atomic E-state index is 15.6. The van der Waals surface area contributed by atoms with E-state index in [0.717, 1.165) is 27.4 Å². The molecule has 1 saturated heterocycles. The number of piperazine rings is 1. The molecule has 0 atom stereocenters. The van der Waals surface area contributed by atoms with Crippen molar-refractivity contribution in [3.05, 3.63) is 140 Å². The number of carboxylic acids is 1. The lowest BCUT2D eigenvalue weighted by Crippen LogP contribution is -2.48. The number of carboxylic acid groups (broad SMARTS) is 1. The number of benzene rings is 4. The fourth-order valence-electron chi connectivity index (χ4n) is 5.48. The molecule has 0 bridgehead atoms. The molecule has 11 heteroatoms. The summed E-state index contributed by atoms with van der Waals surface area (Å²) in [5.74, 6) is -2.52. The van der Waals surface area contributed by atoms with Crippen molar-refractivity contribution >= 4 is 44.2 Å². The van der Waals surface area contributed by atoms with Crippen LogP contribution in [0, 0.1) is 11.6 Å². The first-order chi connectivity index (χ1) is 22.3. The third kappa shape index (κ3) is 6.85. The zero-order valence-electron chi connectivity index (χ0n) is 24.6. The normalized spacial score (nSPS) is 14.1. The molecule has 46 heavy (non-hydrogen) atoms. The molecule has 8 nitrogen and oxygen atoms in total. The van der Waals surface area contributed by atoms with E-state index in [2.05, 4.69) is 26.0 Å². The lowest BCUT2D eigenvalue weighted by Gasteiger charge is -2.36. The van der Waals surface area contributed by atoms with Crippen molar-refractivity contribution in [3.8, 4) is 5.69 Å². The zero-order chi connectivity index (χ0) is 32.2. The molecule has 6 rings (SSSR count). The Labute approximate surface area is 271 Å². The number of carbonyl (C=O) groups is 1. The Kier molecular flexibility index (Phi) is 9.23. The van der Waals surface area contributed by atoms with Gasteiger partial charge in [-0.25, -0.2) is 13.6 Å². The summed E-state index contributed by atoms with van der Waals surface area (Å²) in [6.45, 7) is 3.06. The van der Waals surface area contributed by atoms with Crippen LogP contribution in [0.4, 0.5) is 14.5 Å². The number of anilines is 1. The van der Waals surface area contributed by atoms with Crippen LogP contribution in [0.15, 0.2) is 112 Å². The van der Waals surface area contributed by atoms with Crippen LogP contribution in [0.5, 0.6) is 0 Å². The number of aromatic nitrogens is 1. The zero-order valence-corrected chi connectivity index (χ0v) is 26.2. The topological polar surface area (TPSA) is 87.4 Å². The first-order valence-electron chi connectivity index (χ1n) is 14.6. The number of oxime groups is 1. The largest absolute Gasteiger partial charge is 0.477 e. The summed E-state index contributed by atoms with van der Waals surface area (Å²) in [4.78, 5) is 34.7. The minimum Gasteiger partial charge on any atom is -0.477 e. The molecular formula is C35H29BrF2N4O4. The lowest BCUT2D eigenvalue weighted by atomic mass is 10.1. The van der Waals surface area contributed by atoms with Crippen LogP contribution in [-0.2, 0) is 11.4 Å². The SMILES string of the molecule is O=C(O)c1cn(-c2ccc(F)cc2)c2cc(N3CCN(CC(=NOCc4ccccc4)c4ccc(Br)cc4)CC3)c(F)cc2c1=O. The molecular weight excluding hydrogens is 658 g/mol. The highest BCUT2D eigenvalue weighted by atomic mass is 79.9. The minimum atomic E-state index is -1.43. The van der Waals surface area contributed by atoms with Gasteiger partial charge in [-0.15, -0.1) is 0 Å². The summed E-state index contributed by atoms with van der Waals surface area (Å²) >= 11 is 3.48. The number of halogens is 3. The summed E-state index contributed by atoms with van der Waals surface area (Å²) in [5, 5.41) is 14.1. The van der Waals surface area contributed by atoms with Gasteiger partial charge in [-0.1, -0.05) is 63.6 Å². The average Bonchev–Trinajstić information content (AvgIpc) is 3.06. The molecule has 0 spiro atoms. The maximum atomic E-state index is 15.6. The Balaban J connectivity index is 1.24. The first kappa shape index (κ1) is 31.1. The predicted octanol–water partition coefficient (Wildman–Crippen LogP) is 6.47. The van der Waals surface area contributed by atoms with Crippen molar-refractivity contribution in [2.75, 3.05) is 37.6 Å². The van der Waals surface area contributed by atoms with Gasteiger partial charge in [-0.3, -0.25) is 9.69 Å². The van der Waals surface area contributed by atoms with E-state index in [9.17, 15) is 19.1 Å². The Bertz CT molecular complexity index is 1960. The van der Waals surface area contributed by atoms with Crippen LogP contribution in [0.2, 0.25) is 0 Å². The van der Waals surface area contributed by atoms with E-state index in [1.165, 1.54) is 35.0 Å². The van der Waals surface area contributed by atoms with Gasteiger partial charge in [0.2, 0.25) is 5.43 Å². The van der Waals surface area contributed by atoms with Crippen molar-refractivity contribution in [2.24, 2.45) is 5.16 Å². The molecule has 1 aromatic heterocycles. The number of rotatable bonds is 9. The molecule has 1 aliphatic heterocycles. The smallest absolute Gasteiger partial charge is 0.341 e. The van der Waals surface area contributed by atoms with Crippen LogP contribution < -0.4 is 10.3 Å². The lowest BCUT2D eigenvalue weighted by molar-refractivity contribution is 0.0695. The van der Waals surface area contributed by atoms with Gasteiger partial charge in [0.1, 0.15) is 29.5 Å². The number of aromatic carboxylic acids is 1. The molecule has 2 heterocycles. The Morgan fingerprint density at radius 1 is 0.913 bits per heavy atom. The molecule has 0 amide bonds. The Hall–Kier alpha value is -4.87. The highest BCUT2D eigenvalue weighted by Gasteiger charge is 2.24. The molecule has 234 valence electrons. The van der Waals surface area contributed by atoms with Gasteiger partial charge in [0.15, 0.2) is 0 Å². The average molecular weight is 688 g/mol. The molecule has 5 aromatic rings. The third-order valence-electron chi connectivity index (χ3n) is 7.92. The molecule has 4 aromatic carbocycles. The van der Waals surface area contributed by atoms with E-state index < -0.39 is 28.6 Å². The van der Waals surface area contributed by atoms with E-state index in [4.69, 9.17) is 4.84 Å². The summed E-state index contributed by atoms with van der Waals surface area (Å²) in [7, 11) is 0. The van der Waals surface area contributed by atoms with Gasteiger partial charge in [-0.2, -0.15) is 0 Å². The van der Waals surface area contributed by atoms with Crippen LogP contribution in [0.3, 0.4) is 0 Å². The summed E-state index contributed by atoms with van der Waals surface area (Å²) < 4.78 is 31.7. The number of pyridine rings is 1. The van der Waals surface area contributed by atoms with Gasteiger partial charge in [0.05, 0.1) is 11.2 Å². The number of fused-ring (bicyclic) bond motifs is 1. The van der Waals surface area contributed by atoms with Crippen LogP contribution in [0.1, 0.15) is 21.5 Å². The molecule has 0 unspecified atom stereocenters. The third-order valence-corrected chi connectivity index (χ3v) is 8.45. The Morgan fingerprint density at radius 3 is 2.28 bits per heavy atom. The minimum absolute atomic E-state index is 0.0741. The first-order valence-corrected chi connectivity index (χ1v) is 15.4. The van der Waals surface area contributed by atoms with E-state index in [-0.39, 0.29) is 5.39 Å². The second-order valence-corrected chi connectivity index (χ2v) is 11.8. The summed E-state index contributed by atoms with van der Waals surface area (Å²) in [6, 6.07) is 25.7. The van der Waals surface area contributed by atoms with Gasteiger partial charge in [0, 0.05) is 60.0 Å². The fourth-order valence-corrected chi connectivity index (χ4v) is 5.74. The monoisotopic (exact) mass is 686 g/mol. The number of hydrogen-bond donors (Lipinski definition) is 1. The summed E-state index contributed by atoms with van der Waals surface area (Å²) in [6.07, 6.45) is 1.20. The number of nitrogens with zero attached hydrogens (tertiary/aromatic N) is 4. The molecule has 0 aliphatic carbocycles. The van der Waals surface area contributed by atoms with Gasteiger partial charge in [0.25, 0.3) is 0 Å². The molecule has 1 aliphatic rings. The van der Waals surface area contributed by atoms with E-state index >= 15 is 4.39 Å². The summed E-state index contributed by atoms with van der Waals surface area (Å²) in [5.41, 5.74) is 2.46. The van der Waals surface area contributed by atoms with Gasteiger partial charge < -0.3 is 19.4 Å². The van der Waals surface area contributed by atoms with Crippen LogP contribution in [0.25, 0.3) is 16.6 Å². The maximum Gasteiger partial charge on any atom is 0.341 e. The standard InChI is InChI=1S/C35H29BrF2N4O4/c36-25-8-6-24(7-9-25)31(39-46-22-23-4-2-1-3-5-23)21-40-14-16-41(17-15-40)33-19-32-28(18-30(33)38)34(43)29(35(44)45)20-42(32)27-12-10-26(37)11-13-27/h1-13,18-20H,14-17,21-22H2,(H,44,45). The van der Waals surface area contributed by atoms with Crippen LogP contribution >= 0.6 is 15.9 Å². The second-order valence-electron chi connectivity index (χ2n) is 10.9. The van der Waals surface area contributed by atoms with E-state index in [1.54, 1.807) is 6.07 Å². The van der Waals surface area contributed by atoms with Crippen molar-refractivity contribution < 1.29 is 23.5 Å². The predicted molar refractivity (Wildman–Crippen MR) is 177 cm³/mol. The van der Waals surface area contributed by atoms with Gasteiger partial charge in [-0.05, 0) is 54.1 Å². The van der Waals surface area contributed by atoms with Crippen molar-refractivity contribution in [2.45, 2.75) is 6.61 Å². The van der Waals surface area contributed by atoms with E-state index in [1.807, 2.05) is 59.5 Å². The highest BCUT2D eigenvalue weighted by Crippen LogP contribution is 2.28. The van der Waals surface area contributed by atoms with E-state index in [0.29, 0.717) is 56.2 Å². The van der Waals surface area contributed by atoms with Crippen LogP contribution in [-0.4, -0.2) is 59.0 Å². The molecule has 0 radical (unpaired) electrons. The Morgan fingerprint density at radius 2 is 1.61 bits per heavy atom. The van der Waals surface area contributed by atoms with Crippen molar-refractivity contribution in [3.63, 3.8) is 0 Å². The molecule has 1 N–H and O–H groups in total. The van der Waals surface area contributed by atoms with Crippen molar-refractivity contribution in [1.29, 1.82) is 0 Å². The number of hydrogen-bond acceptors (Lipinski definition) is 6. The van der Waals surface area contributed by atoms with Gasteiger partial charge >= 0.3 is 5.97 Å². The highest BCUT2D eigenvalue weighted by molar-refractivity contribution is 9.10. The van der Waals surface area contributed by atoms with Crippen molar-refractivity contribution in [1.82, 2.24) is 9.47 Å². The molecule has 1 fully saturated rings. The quantitative estimate of drug-likeness (QED) is 0.141.